The fourth-order valence-corrected chi connectivity index (χ4v) is 9.96. The third-order valence-corrected chi connectivity index (χ3v) is 12.2. The number of benzene rings is 4. The maximum Gasteiger partial charge on any atom is 0.319 e. The van der Waals surface area contributed by atoms with E-state index in [4.69, 9.17) is 4.43 Å². The van der Waals surface area contributed by atoms with Crippen LogP contribution < -0.4 is 10.4 Å². The molecular weight excluding hydrogens is 428 g/mol. The largest absolute Gasteiger partial charge is 0.540 e. The van der Waals surface area contributed by atoms with Gasteiger partial charge in [-0.05, 0) is 62.6 Å². The molecule has 0 saturated carbocycles. The Morgan fingerprint density at radius 2 is 1.32 bits per heavy atom. The van der Waals surface area contributed by atoms with Crippen LogP contribution >= 0.6 is 0 Å². The van der Waals surface area contributed by atoms with Crippen molar-refractivity contribution in [2.24, 2.45) is 0 Å². The first-order valence-electron chi connectivity index (χ1n) is 12.5. The molecule has 1 aliphatic carbocycles. The Kier molecular flexibility index (Phi) is 6.18. The van der Waals surface area contributed by atoms with Crippen molar-refractivity contribution >= 4 is 29.5 Å². The highest BCUT2D eigenvalue weighted by Gasteiger charge is 2.51. The van der Waals surface area contributed by atoms with E-state index in [9.17, 15) is 0 Å². The molecule has 0 bridgehead atoms. The van der Waals surface area contributed by atoms with Crippen molar-refractivity contribution in [3.05, 3.63) is 121 Å². The van der Waals surface area contributed by atoms with E-state index in [1.165, 1.54) is 51.5 Å². The van der Waals surface area contributed by atoms with Crippen LogP contribution in [0.2, 0.25) is 5.04 Å². The monoisotopic (exact) mass is 462 g/mol. The summed E-state index contributed by atoms with van der Waals surface area (Å²) in [5.41, 5.74) is 2.96. The predicted octanol–water partition coefficient (Wildman–Crippen LogP) is 7.35. The highest BCUT2D eigenvalue weighted by Crippen LogP contribution is 2.38. The second-order valence-corrected chi connectivity index (χ2v) is 14.8. The topological polar surface area (TPSA) is 9.23 Å². The van der Waals surface area contributed by atoms with Gasteiger partial charge in [0.25, 0.3) is 0 Å². The zero-order chi connectivity index (χ0) is 23.6. The van der Waals surface area contributed by atoms with Gasteiger partial charge in [-0.15, -0.1) is 0 Å². The summed E-state index contributed by atoms with van der Waals surface area (Å²) in [7, 11) is -2.56. The third-order valence-electron chi connectivity index (χ3n) is 7.34. The lowest BCUT2D eigenvalue weighted by molar-refractivity contribution is 0.439. The minimum Gasteiger partial charge on any atom is -0.540 e. The summed E-state index contributed by atoms with van der Waals surface area (Å²) >= 11 is 0. The first kappa shape index (κ1) is 22.7. The molecule has 4 aromatic carbocycles. The Labute approximate surface area is 205 Å². The number of hydrogen-bond donors (Lipinski definition) is 0. The molecule has 0 aromatic heterocycles. The molecule has 34 heavy (non-hydrogen) atoms. The Morgan fingerprint density at radius 1 is 0.765 bits per heavy atom. The molecule has 2 heteroatoms. The highest BCUT2D eigenvalue weighted by molar-refractivity contribution is 6.99. The van der Waals surface area contributed by atoms with Crippen molar-refractivity contribution in [1.82, 2.24) is 0 Å². The van der Waals surface area contributed by atoms with E-state index < -0.39 is 8.32 Å². The van der Waals surface area contributed by atoms with Gasteiger partial charge in [-0.2, -0.15) is 0 Å². The van der Waals surface area contributed by atoms with Gasteiger partial charge < -0.3 is 4.43 Å². The molecule has 1 unspecified atom stereocenters. The maximum absolute atomic E-state index is 7.03. The standard InChI is InChI=1S/C32H34OSi/c1-32(2,3)34(29-17-6-4-7-18-29,30-19-8-5-9-20-30)33-22-21-25-15-12-16-28-23-26-13-10-11-14-27(26)24-31(25)28/h4-11,13-14,17-25H,12,15-16H2,1-3H3/b22-21-. The summed E-state index contributed by atoms with van der Waals surface area (Å²) in [6.45, 7) is 6.99. The van der Waals surface area contributed by atoms with Gasteiger partial charge in [0.15, 0.2) is 0 Å². The minimum absolute atomic E-state index is 0.0271. The van der Waals surface area contributed by atoms with Crippen molar-refractivity contribution in [3.8, 4) is 0 Å². The summed E-state index contributed by atoms with van der Waals surface area (Å²) in [6, 6.07) is 35.3. The maximum atomic E-state index is 7.03. The van der Waals surface area contributed by atoms with Crippen LogP contribution in [0.1, 0.15) is 50.7 Å². The molecule has 0 radical (unpaired) electrons. The Morgan fingerprint density at radius 3 is 1.91 bits per heavy atom. The van der Waals surface area contributed by atoms with E-state index in [1.54, 1.807) is 0 Å². The van der Waals surface area contributed by atoms with Gasteiger partial charge in [-0.25, -0.2) is 0 Å². The van der Waals surface area contributed by atoms with Crippen LogP contribution in [-0.4, -0.2) is 8.32 Å². The molecule has 0 amide bonds. The molecule has 0 N–H and O–H groups in total. The first-order valence-corrected chi connectivity index (χ1v) is 14.4. The molecule has 4 aromatic rings. The average molecular weight is 463 g/mol. The van der Waals surface area contributed by atoms with Crippen molar-refractivity contribution < 1.29 is 4.43 Å². The Balaban J connectivity index is 1.54. The van der Waals surface area contributed by atoms with E-state index in [-0.39, 0.29) is 5.04 Å². The molecule has 1 atom stereocenters. The SMILES string of the molecule is CC(C)(C)[Si](O/C=C\C1CCCc2cc3ccccc3cc21)(c1ccccc1)c1ccccc1. The Bertz CT molecular complexity index is 1250. The minimum atomic E-state index is -2.56. The molecular formula is C32H34OSi. The lowest BCUT2D eigenvalue weighted by atomic mass is 9.81. The lowest BCUT2D eigenvalue weighted by Gasteiger charge is -2.42. The van der Waals surface area contributed by atoms with Gasteiger partial charge >= 0.3 is 8.32 Å². The van der Waals surface area contributed by atoms with E-state index in [0.717, 1.165) is 0 Å². The van der Waals surface area contributed by atoms with Crippen LogP contribution in [0.25, 0.3) is 10.8 Å². The zero-order valence-electron chi connectivity index (χ0n) is 20.5. The second-order valence-electron chi connectivity index (χ2n) is 10.5. The normalized spacial score (nSPS) is 16.5. The molecule has 1 aliphatic rings. The fraction of sp³-hybridized carbons (Fsp3) is 0.250. The van der Waals surface area contributed by atoms with Crippen molar-refractivity contribution in [2.45, 2.75) is 51.0 Å². The summed E-state index contributed by atoms with van der Waals surface area (Å²) in [5, 5.41) is 5.27. The van der Waals surface area contributed by atoms with Crippen LogP contribution in [0.15, 0.2) is 109 Å². The predicted molar refractivity (Wildman–Crippen MR) is 147 cm³/mol. The summed E-state index contributed by atoms with van der Waals surface area (Å²) in [4.78, 5) is 0. The van der Waals surface area contributed by atoms with Gasteiger partial charge in [-0.1, -0.05) is 118 Å². The van der Waals surface area contributed by atoms with Crippen molar-refractivity contribution in [3.63, 3.8) is 0 Å². The van der Waals surface area contributed by atoms with Crippen LogP contribution in [-0.2, 0) is 10.8 Å². The number of rotatable bonds is 5. The van der Waals surface area contributed by atoms with E-state index in [0.29, 0.717) is 5.92 Å². The summed E-state index contributed by atoms with van der Waals surface area (Å²) in [5.74, 6) is 0.395. The van der Waals surface area contributed by atoms with E-state index >= 15 is 0 Å². The van der Waals surface area contributed by atoms with E-state index in [2.05, 4.69) is 124 Å². The Hall–Kier alpha value is -3.10. The molecule has 0 saturated heterocycles. The van der Waals surface area contributed by atoms with Crippen LogP contribution in [0.4, 0.5) is 0 Å². The number of fused-ring (bicyclic) bond motifs is 2. The van der Waals surface area contributed by atoms with Crippen LogP contribution in [0.5, 0.6) is 0 Å². The molecule has 172 valence electrons. The zero-order valence-corrected chi connectivity index (χ0v) is 21.5. The van der Waals surface area contributed by atoms with Gasteiger partial charge in [0.2, 0.25) is 0 Å². The molecule has 5 rings (SSSR count). The van der Waals surface area contributed by atoms with E-state index in [1.807, 2.05) is 6.26 Å². The molecule has 0 fully saturated rings. The first-order chi connectivity index (χ1) is 16.5. The molecule has 1 nitrogen and oxygen atoms in total. The van der Waals surface area contributed by atoms with Crippen molar-refractivity contribution in [1.29, 1.82) is 0 Å². The van der Waals surface area contributed by atoms with Gasteiger partial charge in [0.1, 0.15) is 0 Å². The molecule has 0 aliphatic heterocycles. The second kappa shape index (κ2) is 9.27. The smallest absolute Gasteiger partial charge is 0.319 e. The number of hydrogen-bond acceptors (Lipinski definition) is 1. The van der Waals surface area contributed by atoms with Crippen molar-refractivity contribution in [2.75, 3.05) is 0 Å². The van der Waals surface area contributed by atoms with Gasteiger partial charge in [-0.3, -0.25) is 0 Å². The highest BCUT2D eigenvalue weighted by atomic mass is 28.4. The molecule has 0 heterocycles. The van der Waals surface area contributed by atoms with Gasteiger partial charge in [0.05, 0.1) is 6.26 Å². The van der Waals surface area contributed by atoms with Gasteiger partial charge in [0, 0.05) is 5.92 Å². The quantitative estimate of drug-likeness (QED) is 0.222. The fourth-order valence-electron chi connectivity index (χ4n) is 5.66. The van der Waals surface area contributed by atoms with Crippen LogP contribution in [0.3, 0.4) is 0 Å². The molecule has 0 spiro atoms. The number of aryl methyl sites for hydroxylation is 1. The number of allylic oxidation sites excluding steroid dienone is 1. The third kappa shape index (κ3) is 4.12. The summed E-state index contributed by atoms with van der Waals surface area (Å²) < 4.78 is 7.03. The van der Waals surface area contributed by atoms with Crippen LogP contribution in [0, 0.1) is 0 Å². The average Bonchev–Trinajstić information content (AvgIpc) is 2.86. The summed E-state index contributed by atoms with van der Waals surface area (Å²) in [6.07, 6.45) is 7.93. The lowest BCUT2D eigenvalue weighted by Crippen LogP contribution is -2.65.